The van der Waals surface area contributed by atoms with Gasteiger partial charge in [-0.3, -0.25) is 4.79 Å². The lowest BCUT2D eigenvalue weighted by atomic mass is 10.1. The van der Waals surface area contributed by atoms with Crippen LogP contribution in [0.25, 0.3) is 0 Å². The van der Waals surface area contributed by atoms with Crippen molar-refractivity contribution < 1.29 is 27.5 Å². The number of nitrogens with one attached hydrogen (secondary N) is 1. The zero-order valence-electron chi connectivity index (χ0n) is 11.4. The fraction of sp³-hybridized carbons (Fsp3) is 0.429. The maximum absolute atomic E-state index is 12.3. The number of halogens is 3. The van der Waals surface area contributed by atoms with Gasteiger partial charge in [-0.1, -0.05) is 37.3 Å². The monoisotopic (exact) mass is 303 g/mol. The Morgan fingerprint density at radius 1 is 1.24 bits per heavy atom. The van der Waals surface area contributed by atoms with E-state index in [4.69, 9.17) is 4.74 Å². The summed E-state index contributed by atoms with van der Waals surface area (Å²) >= 11 is 0. The van der Waals surface area contributed by atoms with Crippen molar-refractivity contribution in [2.45, 2.75) is 32.0 Å². The summed E-state index contributed by atoms with van der Waals surface area (Å²) in [5, 5.41) is 1.68. The molecular weight excluding hydrogens is 287 g/mol. The van der Waals surface area contributed by atoms with Crippen molar-refractivity contribution in [3.05, 3.63) is 35.9 Å². The molecule has 0 fully saturated rings. The normalized spacial score (nSPS) is 12.6. The maximum atomic E-state index is 12.3. The molecule has 1 rings (SSSR count). The van der Waals surface area contributed by atoms with Crippen LogP contribution in [0.2, 0.25) is 0 Å². The Balaban J connectivity index is 2.79. The molecule has 1 aromatic rings. The molecule has 0 heterocycles. The molecule has 116 valence electrons. The quantitative estimate of drug-likeness (QED) is 0.820. The average molecular weight is 303 g/mol. The first-order valence-electron chi connectivity index (χ1n) is 6.42. The first-order valence-corrected chi connectivity index (χ1v) is 6.42. The number of alkyl halides is 3. The molecule has 0 aromatic heterocycles. The van der Waals surface area contributed by atoms with Gasteiger partial charge in [-0.25, -0.2) is 4.79 Å². The van der Waals surface area contributed by atoms with E-state index in [9.17, 15) is 22.8 Å². The van der Waals surface area contributed by atoms with Crippen LogP contribution in [-0.2, 0) is 20.7 Å². The number of carbonyl (C=O) groups excluding carboxylic acids is 2. The van der Waals surface area contributed by atoms with Gasteiger partial charge in [-0.05, 0) is 12.0 Å². The van der Waals surface area contributed by atoms with E-state index in [1.807, 2.05) is 0 Å². The molecule has 1 atom stereocenters. The van der Waals surface area contributed by atoms with Crippen LogP contribution in [0.1, 0.15) is 18.9 Å². The molecule has 0 saturated carbocycles. The molecule has 1 amide bonds. The maximum Gasteiger partial charge on any atom is 0.471 e. The van der Waals surface area contributed by atoms with E-state index in [-0.39, 0.29) is 13.0 Å². The molecule has 0 bridgehead atoms. The van der Waals surface area contributed by atoms with Gasteiger partial charge in [0.2, 0.25) is 0 Å². The Kier molecular flexibility index (Phi) is 6.20. The Morgan fingerprint density at radius 2 is 1.86 bits per heavy atom. The SMILES string of the molecule is CCCOC(=O)[C@H](Cc1ccccc1)NC(=O)C(F)(F)F. The fourth-order valence-corrected chi connectivity index (χ4v) is 1.59. The molecule has 4 nitrogen and oxygen atoms in total. The van der Waals surface area contributed by atoms with Crippen molar-refractivity contribution >= 4 is 11.9 Å². The number of benzene rings is 1. The summed E-state index contributed by atoms with van der Waals surface area (Å²) in [6, 6.07) is 7.06. The first-order chi connectivity index (χ1) is 9.84. The number of rotatable bonds is 6. The molecule has 21 heavy (non-hydrogen) atoms. The van der Waals surface area contributed by atoms with E-state index in [1.54, 1.807) is 42.6 Å². The van der Waals surface area contributed by atoms with Crippen LogP contribution in [0.4, 0.5) is 13.2 Å². The zero-order chi connectivity index (χ0) is 15.9. The molecule has 1 N–H and O–H groups in total. The predicted octanol–water partition coefficient (Wildman–Crippen LogP) is 2.23. The van der Waals surface area contributed by atoms with Crippen molar-refractivity contribution in [3.63, 3.8) is 0 Å². The van der Waals surface area contributed by atoms with E-state index in [2.05, 4.69) is 0 Å². The van der Waals surface area contributed by atoms with E-state index in [0.717, 1.165) is 0 Å². The van der Waals surface area contributed by atoms with Gasteiger partial charge in [0.1, 0.15) is 6.04 Å². The van der Waals surface area contributed by atoms with Gasteiger partial charge >= 0.3 is 18.1 Å². The Labute approximate surface area is 120 Å². The number of esters is 1. The van der Waals surface area contributed by atoms with Crippen molar-refractivity contribution in [2.24, 2.45) is 0 Å². The Hall–Kier alpha value is -2.05. The molecule has 0 radical (unpaired) electrons. The summed E-state index contributed by atoms with van der Waals surface area (Å²) in [6.45, 7) is 1.85. The second kappa shape index (κ2) is 7.66. The first kappa shape index (κ1) is 17.0. The topological polar surface area (TPSA) is 55.4 Å². The number of hydrogen-bond donors (Lipinski definition) is 1. The minimum Gasteiger partial charge on any atom is -0.464 e. The lowest BCUT2D eigenvalue weighted by Crippen LogP contribution is -2.48. The highest BCUT2D eigenvalue weighted by molar-refractivity contribution is 5.87. The van der Waals surface area contributed by atoms with E-state index in [1.165, 1.54) is 0 Å². The third-order valence-corrected chi connectivity index (χ3v) is 2.58. The van der Waals surface area contributed by atoms with Gasteiger partial charge < -0.3 is 10.1 Å². The number of amides is 1. The summed E-state index contributed by atoms with van der Waals surface area (Å²) in [7, 11) is 0. The third-order valence-electron chi connectivity index (χ3n) is 2.58. The van der Waals surface area contributed by atoms with Crippen LogP contribution in [0, 0.1) is 0 Å². The van der Waals surface area contributed by atoms with Crippen molar-refractivity contribution in [1.82, 2.24) is 5.32 Å². The van der Waals surface area contributed by atoms with E-state index < -0.39 is 24.1 Å². The smallest absolute Gasteiger partial charge is 0.464 e. The van der Waals surface area contributed by atoms with Crippen LogP contribution in [0.3, 0.4) is 0 Å². The molecule has 7 heteroatoms. The number of hydrogen-bond acceptors (Lipinski definition) is 3. The largest absolute Gasteiger partial charge is 0.471 e. The molecular formula is C14H16F3NO3. The van der Waals surface area contributed by atoms with E-state index >= 15 is 0 Å². The van der Waals surface area contributed by atoms with Crippen molar-refractivity contribution in [3.8, 4) is 0 Å². The summed E-state index contributed by atoms with van der Waals surface area (Å²) in [5.74, 6) is -3.03. The van der Waals surface area contributed by atoms with Gasteiger partial charge in [0.05, 0.1) is 6.61 Å². The fourth-order valence-electron chi connectivity index (χ4n) is 1.59. The Bertz CT molecular complexity index is 474. The minimum absolute atomic E-state index is 0.0643. The highest BCUT2D eigenvalue weighted by atomic mass is 19.4. The summed E-state index contributed by atoms with van der Waals surface area (Å²) in [4.78, 5) is 22.8. The highest BCUT2D eigenvalue weighted by Crippen LogP contribution is 2.15. The van der Waals surface area contributed by atoms with Gasteiger partial charge in [0, 0.05) is 6.42 Å². The lowest BCUT2D eigenvalue weighted by Gasteiger charge is -2.18. The zero-order valence-corrected chi connectivity index (χ0v) is 11.4. The summed E-state index contributed by atoms with van der Waals surface area (Å²) in [5.41, 5.74) is 0.624. The molecule has 0 aliphatic heterocycles. The van der Waals surface area contributed by atoms with Crippen LogP contribution in [0.15, 0.2) is 30.3 Å². The molecule has 0 aliphatic rings. The van der Waals surface area contributed by atoms with E-state index in [0.29, 0.717) is 12.0 Å². The van der Waals surface area contributed by atoms with Crippen molar-refractivity contribution in [1.29, 1.82) is 0 Å². The summed E-state index contributed by atoms with van der Waals surface area (Å²) < 4.78 is 41.7. The molecule has 0 unspecified atom stereocenters. The second-order valence-electron chi connectivity index (χ2n) is 4.38. The molecule has 0 spiro atoms. The van der Waals surface area contributed by atoms with Gasteiger partial charge in [0.25, 0.3) is 0 Å². The van der Waals surface area contributed by atoms with Crippen molar-refractivity contribution in [2.75, 3.05) is 6.61 Å². The molecule has 0 aliphatic carbocycles. The predicted molar refractivity (Wildman–Crippen MR) is 69.4 cm³/mol. The third kappa shape index (κ3) is 5.85. The molecule has 1 aromatic carbocycles. The van der Waals surface area contributed by atoms with Gasteiger partial charge in [-0.2, -0.15) is 13.2 Å². The van der Waals surface area contributed by atoms with Crippen LogP contribution < -0.4 is 5.32 Å². The van der Waals surface area contributed by atoms with Gasteiger partial charge in [0.15, 0.2) is 0 Å². The van der Waals surface area contributed by atoms with Crippen LogP contribution in [0.5, 0.6) is 0 Å². The minimum atomic E-state index is -5.04. The lowest BCUT2D eigenvalue weighted by molar-refractivity contribution is -0.175. The van der Waals surface area contributed by atoms with Crippen LogP contribution in [-0.4, -0.2) is 30.7 Å². The highest BCUT2D eigenvalue weighted by Gasteiger charge is 2.41. The van der Waals surface area contributed by atoms with Gasteiger partial charge in [-0.15, -0.1) is 0 Å². The second-order valence-corrected chi connectivity index (χ2v) is 4.38. The summed E-state index contributed by atoms with van der Waals surface area (Å²) in [6.07, 6.45) is -4.57. The number of ether oxygens (including phenoxy) is 1. The molecule has 0 saturated heterocycles. The number of carbonyl (C=O) groups is 2. The average Bonchev–Trinajstić information content (AvgIpc) is 2.44. The Morgan fingerprint density at radius 3 is 2.38 bits per heavy atom. The standard InChI is InChI=1S/C14H16F3NO3/c1-2-8-21-12(19)11(18-13(20)14(15,16)17)9-10-6-4-3-5-7-10/h3-7,11H,2,8-9H2,1H3,(H,18,20)/t11-/m0/s1. The van der Waals surface area contributed by atoms with Crippen LogP contribution >= 0.6 is 0 Å².